The van der Waals surface area contributed by atoms with Crippen LogP contribution in [0.3, 0.4) is 0 Å². The fraction of sp³-hybridized carbons (Fsp3) is 0.189. The standard InChI is InChI=1S/C37H36O7/c1-21(2)33(38)17-11-27-19-28(42-35(39)22(3)4)12-15-31(27)30-14-10-26(18-25(30)9)32-16-13-29(43-36(40)23(5)6)20-34(32)44-37(41)24(7)8/h10,12-16,18-20H,1,3,5,7,11,17H2,2,4,6,8-9H3. The van der Waals surface area contributed by atoms with Gasteiger partial charge in [0.05, 0.1) is 0 Å². The first-order valence-electron chi connectivity index (χ1n) is 13.9. The highest BCUT2D eigenvalue weighted by Gasteiger charge is 2.18. The van der Waals surface area contributed by atoms with Crippen molar-refractivity contribution in [3.8, 4) is 39.5 Å². The molecule has 0 spiro atoms. The largest absolute Gasteiger partial charge is 0.423 e. The summed E-state index contributed by atoms with van der Waals surface area (Å²) in [6.45, 7) is 22.9. The van der Waals surface area contributed by atoms with E-state index in [1.54, 1.807) is 38.1 Å². The third-order valence-electron chi connectivity index (χ3n) is 6.62. The van der Waals surface area contributed by atoms with E-state index >= 15 is 0 Å². The summed E-state index contributed by atoms with van der Waals surface area (Å²) < 4.78 is 16.4. The topological polar surface area (TPSA) is 96.0 Å². The van der Waals surface area contributed by atoms with Crippen LogP contribution in [0.25, 0.3) is 22.3 Å². The minimum absolute atomic E-state index is 0.0541. The molecule has 0 unspecified atom stereocenters. The third kappa shape index (κ3) is 8.38. The van der Waals surface area contributed by atoms with Gasteiger partial charge in [0, 0.05) is 34.8 Å². The van der Waals surface area contributed by atoms with Crippen molar-refractivity contribution in [3.05, 3.63) is 114 Å². The maximum Gasteiger partial charge on any atom is 0.338 e. The van der Waals surface area contributed by atoms with Crippen molar-refractivity contribution in [2.45, 2.75) is 47.5 Å². The van der Waals surface area contributed by atoms with Gasteiger partial charge in [-0.1, -0.05) is 50.6 Å². The summed E-state index contributed by atoms with van der Waals surface area (Å²) in [5.41, 5.74) is 6.02. The SMILES string of the molecule is C=C(C)C(=O)CCc1cc(OC(=O)C(=C)C)ccc1-c1ccc(-c2ccc(OC(=O)C(=C)C)cc2OC(=O)C(=C)C)cc1C. The van der Waals surface area contributed by atoms with Crippen LogP contribution in [0.2, 0.25) is 0 Å². The lowest BCUT2D eigenvalue weighted by Gasteiger charge is -2.17. The maximum atomic E-state index is 12.5. The third-order valence-corrected chi connectivity index (χ3v) is 6.62. The van der Waals surface area contributed by atoms with Crippen molar-refractivity contribution in [3.63, 3.8) is 0 Å². The van der Waals surface area contributed by atoms with Gasteiger partial charge in [0.15, 0.2) is 5.78 Å². The molecule has 0 radical (unpaired) electrons. The first-order chi connectivity index (χ1) is 20.7. The highest BCUT2D eigenvalue weighted by molar-refractivity contribution is 5.94. The summed E-state index contributed by atoms with van der Waals surface area (Å²) in [6.07, 6.45) is 0.656. The number of ether oxygens (including phenoxy) is 3. The summed E-state index contributed by atoms with van der Waals surface area (Å²) in [4.78, 5) is 49.1. The van der Waals surface area contributed by atoms with Crippen molar-refractivity contribution in [1.29, 1.82) is 0 Å². The fourth-order valence-corrected chi connectivity index (χ4v) is 4.16. The molecule has 0 amide bonds. The normalized spacial score (nSPS) is 10.4. The Morgan fingerprint density at radius 3 is 1.61 bits per heavy atom. The van der Waals surface area contributed by atoms with Crippen LogP contribution in [-0.4, -0.2) is 23.7 Å². The molecule has 44 heavy (non-hydrogen) atoms. The molecule has 0 aliphatic rings. The van der Waals surface area contributed by atoms with Gasteiger partial charge < -0.3 is 14.2 Å². The molecule has 0 bridgehead atoms. The number of esters is 3. The zero-order valence-electron chi connectivity index (χ0n) is 25.8. The number of benzene rings is 3. The second kappa shape index (κ2) is 14.2. The number of hydrogen-bond acceptors (Lipinski definition) is 7. The molecule has 0 aliphatic carbocycles. The maximum absolute atomic E-state index is 12.5. The van der Waals surface area contributed by atoms with E-state index < -0.39 is 17.9 Å². The van der Waals surface area contributed by atoms with Crippen LogP contribution in [0.5, 0.6) is 17.2 Å². The van der Waals surface area contributed by atoms with Gasteiger partial charge in [0.25, 0.3) is 0 Å². The molecule has 0 aliphatic heterocycles. The zero-order valence-corrected chi connectivity index (χ0v) is 25.8. The first kappa shape index (κ1) is 33.2. The van der Waals surface area contributed by atoms with E-state index in [0.717, 1.165) is 27.8 Å². The Hall–Kier alpha value is -5.30. The Balaban J connectivity index is 2.07. The quantitative estimate of drug-likeness (QED) is 0.120. The van der Waals surface area contributed by atoms with Gasteiger partial charge in [-0.05, 0) is 98.7 Å². The molecular weight excluding hydrogens is 556 g/mol. The average Bonchev–Trinajstić information content (AvgIpc) is 2.96. The van der Waals surface area contributed by atoms with E-state index in [4.69, 9.17) is 14.2 Å². The summed E-state index contributed by atoms with van der Waals surface area (Å²) in [6, 6.07) is 15.9. The second-order valence-electron chi connectivity index (χ2n) is 10.7. The van der Waals surface area contributed by atoms with E-state index in [-0.39, 0.29) is 40.4 Å². The Kier molecular flexibility index (Phi) is 10.8. The second-order valence-corrected chi connectivity index (χ2v) is 10.7. The molecule has 0 saturated heterocycles. The molecule has 0 saturated carbocycles. The molecule has 7 nitrogen and oxygen atoms in total. The van der Waals surface area contributed by atoms with E-state index in [1.165, 1.54) is 19.9 Å². The monoisotopic (exact) mass is 592 g/mol. The van der Waals surface area contributed by atoms with Crippen molar-refractivity contribution < 1.29 is 33.4 Å². The van der Waals surface area contributed by atoms with E-state index in [2.05, 4.69) is 26.3 Å². The summed E-state index contributed by atoms with van der Waals surface area (Å²) in [5, 5.41) is 0. The van der Waals surface area contributed by atoms with E-state index in [0.29, 0.717) is 23.3 Å². The lowest BCUT2D eigenvalue weighted by Crippen LogP contribution is -2.11. The van der Waals surface area contributed by atoms with Crippen LogP contribution in [0.4, 0.5) is 0 Å². The van der Waals surface area contributed by atoms with Gasteiger partial charge in [0.2, 0.25) is 0 Å². The molecule has 0 fully saturated rings. The Morgan fingerprint density at radius 1 is 0.591 bits per heavy atom. The summed E-state index contributed by atoms with van der Waals surface area (Å²) in [7, 11) is 0. The van der Waals surface area contributed by atoms with Crippen LogP contribution in [-0.2, 0) is 25.6 Å². The van der Waals surface area contributed by atoms with Crippen LogP contribution in [0.1, 0.15) is 45.2 Å². The van der Waals surface area contributed by atoms with Crippen molar-refractivity contribution in [1.82, 2.24) is 0 Å². The Morgan fingerprint density at radius 2 is 1.09 bits per heavy atom. The predicted octanol–water partition coefficient (Wildman–Crippen LogP) is 7.85. The molecule has 3 aromatic carbocycles. The van der Waals surface area contributed by atoms with Gasteiger partial charge in [-0.25, -0.2) is 14.4 Å². The molecule has 3 rings (SSSR count). The van der Waals surface area contributed by atoms with Crippen molar-refractivity contribution in [2.24, 2.45) is 0 Å². The molecule has 0 atom stereocenters. The number of carbonyl (C=O) groups is 4. The lowest BCUT2D eigenvalue weighted by molar-refractivity contribution is -0.131. The van der Waals surface area contributed by atoms with Gasteiger partial charge >= 0.3 is 17.9 Å². The fourth-order valence-electron chi connectivity index (χ4n) is 4.16. The Bertz CT molecular complexity index is 1720. The van der Waals surface area contributed by atoms with Crippen LogP contribution < -0.4 is 14.2 Å². The average molecular weight is 593 g/mol. The summed E-state index contributed by atoms with van der Waals surface area (Å²) in [5.74, 6) is -1.07. The minimum Gasteiger partial charge on any atom is -0.423 e. The molecule has 0 N–H and O–H groups in total. The van der Waals surface area contributed by atoms with Crippen LogP contribution in [0.15, 0.2) is 103 Å². The van der Waals surface area contributed by atoms with Crippen molar-refractivity contribution in [2.75, 3.05) is 0 Å². The van der Waals surface area contributed by atoms with Crippen LogP contribution in [0, 0.1) is 6.92 Å². The highest BCUT2D eigenvalue weighted by Crippen LogP contribution is 2.38. The number of allylic oxidation sites excluding steroid dienone is 1. The highest BCUT2D eigenvalue weighted by atomic mass is 16.5. The number of rotatable bonds is 12. The lowest BCUT2D eigenvalue weighted by atomic mass is 9.90. The molecule has 0 heterocycles. The van der Waals surface area contributed by atoms with E-state index in [9.17, 15) is 19.2 Å². The minimum atomic E-state index is -0.621. The van der Waals surface area contributed by atoms with E-state index in [1.807, 2.05) is 31.2 Å². The first-order valence-corrected chi connectivity index (χ1v) is 13.9. The number of Topliss-reactive ketones (excluding diaryl/α,β-unsaturated/α-hetero) is 1. The Labute approximate surface area is 258 Å². The van der Waals surface area contributed by atoms with Crippen LogP contribution >= 0.6 is 0 Å². The number of hydrogen-bond donors (Lipinski definition) is 0. The number of carbonyl (C=O) groups excluding carboxylic acids is 4. The summed E-state index contributed by atoms with van der Waals surface area (Å²) >= 11 is 0. The van der Waals surface area contributed by atoms with Gasteiger partial charge in [-0.15, -0.1) is 0 Å². The van der Waals surface area contributed by atoms with Gasteiger partial charge in [-0.2, -0.15) is 0 Å². The molecule has 3 aromatic rings. The van der Waals surface area contributed by atoms with Gasteiger partial charge in [0.1, 0.15) is 17.2 Å². The molecular formula is C37H36O7. The number of aryl methyl sites for hydroxylation is 2. The van der Waals surface area contributed by atoms with Crippen molar-refractivity contribution >= 4 is 23.7 Å². The zero-order chi connectivity index (χ0) is 32.7. The molecule has 226 valence electrons. The molecule has 0 aromatic heterocycles. The molecule has 7 heteroatoms. The number of ketones is 1. The smallest absolute Gasteiger partial charge is 0.338 e. The van der Waals surface area contributed by atoms with Gasteiger partial charge in [-0.3, -0.25) is 4.79 Å². The predicted molar refractivity (Wildman–Crippen MR) is 172 cm³/mol.